The Bertz CT molecular complexity index is 484. The fraction of sp³-hybridized carbons (Fsp3) is 0.737. The zero-order chi connectivity index (χ0) is 18.1. The summed E-state index contributed by atoms with van der Waals surface area (Å²) >= 11 is 0. The summed E-state index contributed by atoms with van der Waals surface area (Å²) in [5.74, 6) is 0.255. The van der Waals surface area contributed by atoms with Crippen molar-refractivity contribution >= 4 is 5.97 Å². The molecule has 1 aliphatic heterocycles. The minimum Gasteiger partial charge on any atom is -0.466 e. The first-order valence-electron chi connectivity index (χ1n) is 9.31. The minimum absolute atomic E-state index is 0.118. The number of nitrogens with zero attached hydrogens (tertiary/aromatic N) is 2. The number of aliphatic hydroxyl groups is 1. The highest BCUT2D eigenvalue weighted by molar-refractivity contribution is 5.69. The number of allylic oxidation sites excluding steroid dienone is 2. The van der Waals surface area contributed by atoms with Gasteiger partial charge in [-0.05, 0) is 45.0 Å². The van der Waals surface area contributed by atoms with Gasteiger partial charge in [0.2, 0.25) is 0 Å². The highest BCUT2D eigenvalue weighted by atomic mass is 16.5. The molecule has 0 amide bonds. The van der Waals surface area contributed by atoms with Crippen LogP contribution in [0.5, 0.6) is 0 Å². The first kappa shape index (κ1) is 19.9. The van der Waals surface area contributed by atoms with Crippen LogP contribution in [0.15, 0.2) is 23.4 Å². The molecule has 6 heteroatoms. The second-order valence-corrected chi connectivity index (χ2v) is 6.75. The van der Waals surface area contributed by atoms with Crippen molar-refractivity contribution in [2.75, 3.05) is 59.7 Å². The van der Waals surface area contributed by atoms with Crippen LogP contribution in [0.1, 0.15) is 26.2 Å². The SMILES string of the molecule is CCOC(=O)CCCN(C)CC1CC(CO)=CC=C1N1CCOCC1. The molecule has 142 valence electrons. The van der Waals surface area contributed by atoms with E-state index in [4.69, 9.17) is 9.47 Å². The van der Waals surface area contributed by atoms with Gasteiger partial charge in [-0.25, -0.2) is 0 Å². The van der Waals surface area contributed by atoms with E-state index in [0.717, 1.165) is 57.8 Å². The van der Waals surface area contributed by atoms with Crippen LogP contribution in [-0.2, 0) is 14.3 Å². The molecule has 0 aromatic rings. The van der Waals surface area contributed by atoms with Crippen molar-refractivity contribution in [3.05, 3.63) is 23.4 Å². The molecule has 2 rings (SSSR count). The molecule has 1 saturated heterocycles. The molecule has 0 aromatic heterocycles. The lowest BCUT2D eigenvalue weighted by atomic mass is 9.89. The Balaban J connectivity index is 1.87. The van der Waals surface area contributed by atoms with Gasteiger partial charge in [0.05, 0.1) is 26.4 Å². The number of hydrogen-bond donors (Lipinski definition) is 1. The Morgan fingerprint density at radius 3 is 2.84 bits per heavy atom. The lowest BCUT2D eigenvalue weighted by molar-refractivity contribution is -0.143. The number of hydrogen-bond acceptors (Lipinski definition) is 6. The number of aliphatic hydroxyl groups excluding tert-OH is 1. The first-order valence-corrected chi connectivity index (χ1v) is 9.31. The van der Waals surface area contributed by atoms with Crippen molar-refractivity contribution in [3.63, 3.8) is 0 Å². The number of carbonyl (C=O) groups is 1. The summed E-state index contributed by atoms with van der Waals surface area (Å²) in [6.45, 7) is 7.59. The van der Waals surface area contributed by atoms with Gasteiger partial charge in [0.25, 0.3) is 0 Å². The highest BCUT2D eigenvalue weighted by Gasteiger charge is 2.26. The Hall–Kier alpha value is -1.37. The third kappa shape index (κ3) is 6.45. The number of esters is 1. The van der Waals surface area contributed by atoms with E-state index in [-0.39, 0.29) is 12.6 Å². The van der Waals surface area contributed by atoms with Gasteiger partial charge in [-0.1, -0.05) is 6.08 Å². The molecule has 1 aliphatic carbocycles. The van der Waals surface area contributed by atoms with Crippen molar-refractivity contribution in [1.82, 2.24) is 9.80 Å². The summed E-state index contributed by atoms with van der Waals surface area (Å²) in [6.07, 6.45) is 6.39. The molecule has 1 heterocycles. The van der Waals surface area contributed by atoms with Gasteiger partial charge in [-0.2, -0.15) is 0 Å². The fourth-order valence-electron chi connectivity index (χ4n) is 3.48. The summed E-state index contributed by atoms with van der Waals surface area (Å²) in [5.41, 5.74) is 2.43. The zero-order valence-corrected chi connectivity index (χ0v) is 15.6. The summed E-state index contributed by atoms with van der Waals surface area (Å²) < 4.78 is 10.4. The Labute approximate surface area is 151 Å². The molecule has 0 saturated carbocycles. The van der Waals surface area contributed by atoms with Crippen LogP contribution in [-0.4, -0.2) is 80.5 Å². The maximum Gasteiger partial charge on any atom is 0.305 e. The second kappa shape index (κ2) is 10.6. The lowest BCUT2D eigenvalue weighted by Gasteiger charge is -2.38. The highest BCUT2D eigenvalue weighted by Crippen LogP contribution is 2.29. The normalized spacial score (nSPS) is 21.1. The van der Waals surface area contributed by atoms with Crippen molar-refractivity contribution in [1.29, 1.82) is 0 Å². The Morgan fingerprint density at radius 2 is 2.16 bits per heavy atom. The summed E-state index contributed by atoms with van der Waals surface area (Å²) in [6, 6.07) is 0. The average Bonchev–Trinajstić information content (AvgIpc) is 2.62. The van der Waals surface area contributed by atoms with Gasteiger partial charge < -0.3 is 24.4 Å². The van der Waals surface area contributed by atoms with Crippen molar-refractivity contribution < 1.29 is 19.4 Å². The number of carbonyl (C=O) groups excluding carboxylic acids is 1. The number of rotatable bonds is 9. The topological polar surface area (TPSA) is 62.2 Å². The van der Waals surface area contributed by atoms with Gasteiger partial charge in [0, 0.05) is 37.7 Å². The molecule has 0 bridgehead atoms. The molecular weight excluding hydrogens is 320 g/mol. The van der Waals surface area contributed by atoms with Gasteiger partial charge in [-0.15, -0.1) is 0 Å². The molecule has 0 spiro atoms. The zero-order valence-electron chi connectivity index (χ0n) is 15.6. The van der Waals surface area contributed by atoms with Crippen molar-refractivity contribution in [3.8, 4) is 0 Å². The van der Waals surface area contributed by atoms with E-state index < -0.39 is 0 Å². The van der Waals surface area contributed by atoms with Crippen LogP contribution in [0.4, 0.5) is 0 Å². The van der Waals surface area contributed by atoms with E-state index in [1.807, 2.05) is 6.92 Å². The van der Waals surface area contributed by atoms with Crippen LogP contribution >= 0.6 is 0 Å². The van der Waals surface area contributed by atoms with E-state index >= 15 is 0 Å². The van der Waals surface area contributed by atoms with Crippen LogP contribution in [0, 0.1) is 5.92 Å². The van der Waals surface area contributed by atoms with Gasteiger partial charge >= 0.3 is 5.97 Å². The molecule has 2 aliphatic rings. The number of morpholine rings is 1. The minimum atomic E-state index is -0.118. The monoisotopic (exact) mass is 352 g/mol. The number of ether oxygens (including phenoxy) is 2. The predicted molar refractivity (Wildman–Crippen MR) is 97.1 cm³/mol. The maximum absolute atomic E-state index is 11.5. The van der Waals surface area contributed by atoms with Crippen LogP contribution in [0.2, 0.25) is 0 Å². The average molecular weight is 352 g/mol. The molecule has 1 N–H and O–H groups in total. The molecule has 1 fully saturated rings. The van der Waals surface area contributed by atoms with E-state index in [2.05, 4.69) is 29.0 Å². The Kier molecular flexibility index (Phi) is 8.44. The van der Waals surface area contributed by atoms with E-state index in [9.17, 15) is 9.90 Å². The van der Waals surface area contributed by atoms with Crippen LogP contribution < -0.4 is 0 Å². The summed E-state index contributed by atoms with van der Waals surface area (Å²) in [4.78, 5) is 16.1. The summed E-state index contributed by atoms with van der Waals surface area (Å²) in [7, 11) is 2.10. The van der Waals surface area contributed by atoms with Crippen molar-refractivity contribution in [2.45, 2.75) is 26.2 Å². The van der Waals surface area contributed by atoms with E-state index in [1.165, 1.54) is 5.70 Å². The molecular formula is C19H32N2O4. The van der Waals surface area contributed by atoms with E-state index in [0.29, 0.717) is 18.9 Å². The molecule has 0 radical (unpaired) electrons. The standard InChI is InChI=1S/C19H32N2O4/c1-3-25-19(23)5-4-8-20(2)14-17-13-16(15-22)6-7-18(17)21-9-11-24-12-10-21/h6-7,17,22H,3-5,8-15H2,1-2H3. The lowest BCUT2D eigenvalue weighted by Crippen LogP contribution is -2.41. The fourth-order valence-corrected chi connectivity index (χ4v) is 3.48. The van der Waals surface area contributed by atoms with E-state index in [1.54, 1.807) is 0 Å². The van der Waals surface area contributed by atoms with Gasteiger partial charge in [0.15, 0.2) is 0 Å². The second-order valence-electron chi connectivity index (χ2n) is 6.75. The molecule has 25 heavy (non-hydrogen) atoms. The van der Waals surface area contributed by atoms with Crippen LogP contribution in [0.3, 0.4) is 0 Å². The third-order valence-corrected chi connectivity index (χ3v) is 4.75. The smallest absolute Gasteiger partial charge is 0.305 e. The molecule has 6 nitrogen and oxygen atoms in total. The predicted octanol–water partition coefficient (Wildman–Crippen LogP) is 1.42. The van der Waals surface area contributed by atoms with Gasteiger partial charge in [-0.3, -0.25) is 4.79 Å². The molecule has 1 atom stereocenters. The van der Waals surface area contributed by atoms with Crippen LogP contribution in [0.25, 0.3) is 0 Å². The largest absolute Gasteiger partial charge is 0.466 e. The first-order chi connectivity index (χ1) is 12.1. The van der Waals surface area contributed by atoms with Crippen molar-refractivity contribution in [2.24, 2.45) is 5.92 Å². The molecule has 1 unspecified atom stereocenters. The summed E-state index contributed by atoms with van der Waals surface area (Å²) in [5, 5.41) is 9.50. The third-order valence-electron chi connectivity index (χ3n) is 4.75. The Morgan fingerprint density at radius 1 is 1.40 bits per heavy atom. The maximum atomic E-state index is 11.5. The quantitative estimate of drug-likeness (QED) is 0.633. The molecule has 0 aromatic carbocycles. The van der Waals surface area contributed by atoms with Gasteiger partial charge in [0.1, 0.15) is 0 Å².